The van der Waals surface area contributed by atoms with E-state index in [-0.39, 0.29) is 17.8 Å². The number of piperidine rings is 1. The standard InChI is InChI=1S/C25H32FN7O3/c1-4-32-9-5-6-21(16-32)36-33-15-20(14-30-33)31-25-28-12-17(13-29-25)7-8-18-10-19(24(34)27-2)11-22(35-3)23(18)26/h10-15,21H,4-9,16H2,1-3H3,(H,27,34)(H,28,29,31). The van der Waals surface area contributed by atoms with E-state index in [4.69, 9.17) is 9.57 Å². The largest absolute Gasteiger partial charge is 0.494 e. The molecule has 192 valence electrons. The van der Waals surface area contributed by atoms with Gasteiger partial charge in [-0.25, -0.2) is 14.4 Å². The fourth-order valence-electron chi connectivity index (χ4n) is 4.18. The number of aromatic nitrogens is 4. The number of halogens is 1. The molecular weight excluding hydrogens is 465 g/mol. The lowest BCUT2D eigenvalue weighted by Crippen LogP contribution is -2.43. The van der Waals surface area contributed by atoms with E-state index in [0.717, 1.165) is 38.0 Å². The third kappa shape index (κ3) is 6.28. The second-order valence-electron chi connectivity index (χ2n) is 8.67. The molecule has 1 aromatic carbocycles. The third-order valence-electron chi connectivity index (χ3n) is 6.19. The summed E-state index contributed by atoms with van der Waals surface area (Å²) in [7, 11) is 2.90. The van der Waals surface area contributed by atoms with E-state index in [1.165, 1.54) is 25.1 Å². The molecule has 36 heavy (non-hydrogen) atoms. The molecule has 1 aliphatic heterocycles. The van der Waals surface area contributed by atoms with Crippen LogP contribution in [0, 0.1) is 5.82 Å². The fourth-order valence-corrected chi connectivity index (χ4v) is 4.18. The summed E-state index contributed by atoms with van der Waals surface area (Å²) in [4.78, 5) is 30.5. The van der Waals surface area contributed by atoms with E-state index < -0.39 is 5.82 Å². The third-order valence-corrected chi connectivity index (χ3v) is 6.19. The van der Waals surface area contributed by atoms with Crippen molar-refractivity contribution >= 4 is 17.5 Å². The van der Waals surface area contributed by atoms with Crippen LogP contribution in [0.5, 0.6) is 5.75 Å². The molecule has 11 heteroatoms. The number of methoxy groups -OCH3 is 1. The number of likely N-dealkylation sites (N-methyl/N-ethyl adjacent to an activating group) is 1. The molecule has 10 nitrogen and oxygen atoms in total. The van der Waals surface area contributed by atoms with E-state index in [1.807, 2.05) is 0 Å². The van der Waals surface area contributed by atoms with Crippen molar-refractivity contribution in [1.82, 2.24) is 30.1 Å². The zero-order valence-corrected chi connectivity index (χ0v) is 20.8. The van der Waals surface area contributed by atoms with Crippen LogP contribution in [0.3, 0.4) is 0 Å². The average Bonchev–Trinajstić information content (AvgIpc) is 3.34. The van der Waals surface area contributed by atoms with Gasteiger partial charge in [-0.1, -0.05) is 6.92 Å². The Kier molecular flexibility index (Phi) is 8.32. The molecule has 0 bridgehead atoms. The van der Waals surface area contributed by atoms with Crippen molar-refractivity contribution in [2.45, 2.75) is 38.7 Å². The van der Waals surface area contributed by atoms with Crippen LogP contribution in [0.15, 0.2) is 36.9 Å². The van der Waals surface area contributed by atoms with Gasteiger partial charge in [-0.3, -0.25) is 9.69 Å². The van der Waals surface area contributed by atoms with Crippen LogP contribution < -0.4 is 20.2 Å². The predicted molar refractivity (Wildman–Crippen MR) is 133 cm³/mol. The number of carbonyl (C=O) groups excluding carboxylic acids is 1. The van der Waals surface area contributed by atoms with Crippen molar-refractivity contribution in [3.63, 3.8) is 0 Å². The SMILES string of the molecule is CCN1CCCC(On2cc(Nc3ncc(CCc4cc(C(=O)NC)cc(OC)c4F)cn3)cn2)C1. The molecule has 3 heterocycles. The summed E-state index contributed by atoms with van der Waals surface area (Å²) in [5.41, 5.74) is 2.28. The van der Waals surface area contributed by atoms with Crippen LogP contribution in [0.4, 0.5) is 16.0 Å². The zero-order chi connectivity index (χ0) is 25.5. The second kappa shape index (κ2) is 11.8. The topological polar surface area (TPSA) is 106 Å². The second-order valence-corrected chi connectivity index (χ2v) is 8.67. The van der Waals surface area contributed by atoms with E-state index in [9.17, 15) is 9.18 Å². The highest BCUT2D eigenvalue weighted by atomic mass is 19.1. The molecule has 1 unspecified atom stereocenters. The molecule has 2 aromatic heterocycles. The number of benzene rings is 1. The molecular formula is C25H32FN7O3. The molecule has 0 radical (unpaired) electrons. The highest BCUT2D eigenvalue weighted by molar-refractivity contribution is 5.94. The lowest BCUT2D eigenvalue weighted by atomic mass is 10.0. The first-order valence-corrected chi connectivity index (χ1v) is 12.1. The predicted octanol–water partition coefficient (Wildman–Crippen LogP) is 2.62. The van der Waals surface area contributed by atoms with E-state index in [1.54, 1.807) is 30.9 Å². The number of aryl methyl sites for hydroxylation is 2. The summed E-state index contributed by atoms with van der Waals surface area (Å²) in [6, 6.07) is 2.93. The van der Waals surface area contributed by atoms with Crippen molar-refractivity contribution in [2.24, 2.45) is 0 Å². The molecule has 1 saturated heterocycles. The molecule has 0 aliphatic carbocycles. The molecule has 0 spiro atoms. The lowest BCUT2D eigenvalue weighted by Gasteiger charge is -2.31. The minimum absolute atomic E-state index is 0.0394. The van der Waals surface area contributed by atoms with Gasteiger partial charge in [-0.05, 0) is 62.0 Å². The van der Waals surface area contributed by atoms with Gasteiger partial charge in [0.25, 0.3) is 5.91 Å². The Bertz CT molecular complexity index is 1170. The number of anilines is 2. The molecule has 1 amide bonds. The minimum Gasteiger partial charge on any atom is -0.494 e. The number of hydrogen-bond acceptors (Lipinski definition) is 8. The van der Waals surface area contributed by atoms with Gasteiger partial charge >= 0.3 is 0 Å². The number of carbonyl (C=O) groups is 1. The number of amides is 1. The summed E-state index contributed by atoms with van der Waals surface area (Å²) in [6.07, 6.45) is 9.91. The van der Waals surface area contributed by atoms with E-state index in [0.29, 0.717) is 35.6 Å². The Morgan fingerprint density at radius 1 is 1.22 bits per heavy atom. The Morgan fingerprint density at radius 3 is 2.75 bits per heavy atom. The normalized spacial score (nSPS) is 15.9. The average molecular weight is 498 g/mol. The number of rotatable bonds is 10. The van der Waals surface area contributed by atoms with Crippen LogP contribution in [0.1, 0.15) is 41.3 Å². The Labute approximate surface area is 209 Å². The number of hydrogen-bond donors (Lipinski definition) is 2. The first-order valence-electron chi connectivity index (χ1n) is 12.1. The van der Waals surface area contributed by atoms with Crippen molar-refractivity contribution < 1.29 is 18.8 Å². The number of nitrogens with zero attached hydrogens (tertiary/aromatic N) is 5. The maximum Gasteiger partial charge on any atom is 0.251 e. The van der Waals surface area contributed by atoms with Gasteiger partial charge in [-0.15, -0.1) is 9.94 Å². The quantitative estimate of drug-likeness (QED) is 0.440. The lowest BCUT2D eigenvalue weighted by molar-refractivity contribution is -0.0247. The first-order chi connectivity index (χ1) is 17.5. The van der Waals surface area contributed by atoms with Crippen molar-refractivity contribution in [2.75, 3.05) is 39.1 Å². The maximum atomic E-state index is 14.7. The molecule has 4 rings (SSSR count). The van der Waals surface area contributed by atoms with Gasteiger partial charge in [0.15, 0.2) is 11.6 Å². The van der Waals surface area contributed by atoms with Crippen LogP contribution in [-0.4, -0.2) is 70.6 Å². The summed E-state index contributed by atoms with van der Waals surface area (Å²) >= 11 is 0. The Hall–Kier alpha value is -3.73. The molecule has 1 fully saturated rings. The summed E-state index contributed by atoms with van der Waals surface area (Å²) in [6.45, 7) is 5.19. The van der Waals surface area contributed by atoms with Gasteiger partial charge < -0.3 is 20.2 Å². The van der Waals surface area contributed by atoms with Gasteiger partial charge in [0.2, 0.25) is 5.95 Å². The zero-order valence-electron chi connectivity index (χ0n) is 20.8. The van der Waals surface area contributed by atoms with Gasteiger partial charge in [0.1, 0.15) is 6.10 Å². The van der Waals surface area contributed by atoms with Crippen molar-refractivity contribution in [1.29, 1.82) is 0 Å². The Balaban J connectivity index is 1.34. The smallest absolute Gasteiger partial charge is 0.251 e. The summed E-state index contributed by atoms with van der Waals surface area (Å²) in [5.74, 6) is -0.317. The van der Waals surface area contributed by atoms with Gasteiger partial charge in [-0.2, -0.15) is 0 Å². The minimum atomic E-state index is -0.473. The molecule has 1 aliphatic rings. The van der Waals surface area contributed by atoms with Gasteiger partial charge in [0, 0.05) is 31.5 Å². The Morgan fingerprint density at radius 2 is 2.03 bits per heavy atom. The summed E-state index contributed by atoms with van der Waals surface area (Å²) < 4.78 is 19.8. The van der Waals surface area contributed by atoms with Crippen LogP contribution in [0.2, 0.25) is 0 Å². The van der Waals surface area contributed by atoms with E-state index >= 15 is 0 Å². The molecule has 2 N–H and O–H groups in total. The van der Waals surface area contributed by atoms with Gasteiger partial charge in [0.05, 0.1) is 25.2 Å². The van der Waals surface area contributed by atoms with Crippen LogP contribution >= 0.6 is 0 Å². The van der Waals surface area contributed by atoms with Crippen LogP contribution in [-0.2, 0) is 12.8 Å². The number of ether oxygens (including phenoxy) is 1. The molecule has 0 saturated carbocycles. The fraction of sp³-hybridized carbons (Fsp3) is 0.440. The van der Waals surface area contributed by atoms with Crippen molar-refractivity contribution in [3.8, 4) is 5.75 Å². The van der Waals surface area contributed by atoms with Crippen molar-refractivity contribution in [3.05, 3.63) is 59.4 Å². The number of nitrogens with one attached hydrogen (secondary N) is 2. The molecule has 1 atom stereocenters. The highest BCUT2D eigenvalue weighted by Gasteiger charge is 2.21. The van der Waals surface area contributed by atoms with E-state index in [2.05, 4.69) is 37.5 Å². The summed E-state index contributed by atoms with van der Waals surface area (Å²) in [5, 5.41) is 9.93. The maximum absolute atomic E-state index is 14.7. The number of likely N-dealkylation sites (tertiary alicyclic amines) is 1. The molecule has 3 aromatic rings. The monoisotopic (exact) mass is 497 g/mol. The highest BCUT2D eigenvalue weighted by Crippen LogP contribution is 2.24. The van der Waals surface area contributed by atoms with Crippen LogP contribution in [0.25, 0.3) is 0 Å². The first kappa shape index (κ1) is 25.4.